The summed E-state index contributed by atoms with van der Waals surface area (Å²) in [5, 5.41) is 9.48. The van der Waals surface area contributed by atoms with E-state index in [2.05, 4.69) is 36.7 Å². The highest BCUT2D eigenvalue weighted by atomic mass is 35.5. The van der Waals surface area contributed by atoms with E-state index in [-0.39, 0.29) is 22.3 Å². The van der Waals surface area contributed by atoms with Crippen molar-refractivity contribution in [3.05, 3.63) is 63.4 Å². The third-order valence-electron chi connectivity index (χ3n) is 6.44. The quantitative estimate of drug-likeness (QED) is 0.603. The average Bonchev–Trinajstić information content (AvgIpc) is 3.17. The van der Waals surface area contributed by atoms with E-state index in [4.69, 9.17) is 23.2 Å². The maximum Gasteiger partial charge on any atom is 0.237 e. The van der Waals surface area contributed by atoms with Gasteiger partial charge in [-0.15, -0.1) is 0 Å². The lowest BCUT2D eigenvalue weighted by molar-refractivity contribution is -0.123. The standard InChI is InChI=1S/C24H26Cl2FN3O2/c1-23(2,3)11-18-24(14-9-16(27)15(26)10-17(14)29-22(24)32)19(20(30-18)21(31)28-4)12-6-5-7-13(25)8-12/h5-10,18-20,30H,11H2,1-4H3,(H,28,31)(H,29,32)/t18-,19-,20+,24+/m0/s1. The van der Waals surface area contributed by atoms with Crippen LogP contribution < -0.4 is 16.0 Å². The van der Waals surface area contributed by atoms with Gasteiger partial charge in [0.1, 0.15) is 11.2 Å². The van der Waals surface area contributed by atoms with E-state index in [0.29, 0.717) is 22.7 Å². The van der Waals surface area contributed by atoms with Crippen molar-refractivity contribution in [1.82, 2.24) is 10.6 Å². The number of hydrogen-bond acceptors (Lipinski definition) is 3. The van der Waals surface area contributed by atoms with Crippen LogP contribution in [0, 0.1) is 11.2 Å². The monoisotopic (exact) mass is 477 g/mol. The molecule has 4 rings (SSSR count). The Balaban J connectivity index is 2.03. The molecule has 2 aromatic rings. The van der Waals surface area contributed by atoms with Gasteiger partial charge in [-0.3, -0.25) is 9.59 Å². The smallest absolute Gasteiger partial charge is 0.237 e. The molecule has 1 saturated heterocycles. The molecule has 2 aliphatic rings. The molecule has 2 aliphatic heterocycles. The third kappa shape index (κ3) is 3.58. The number of halogens is 3. The zero-order valence-electron chi connectivity index (χ0n) is 18.4. The van der Waals surface area contributed by atoms with E-state index in [1.165, 1.54) is 12.1 Å². The van der Waals surface area contributed by atoms with Crippen molar-refractivity contribution in [2.24, 2.45) is 5.41 Å². The van der Waals surface area contributed by atoms with E-state index in [9.17, 15) is 14.0 Å². The Morgan fingerprint density at radius 3 is 2.56 bits per heavy atom. The molecule has 1 spiro atoms. The first kappa shape index (κ1) is 23.0. The molecule has 1 fully saturated rings. The predicted molar refractivity (Wildman–Crippen MR) is 125 cm³/mol. The summed E-state index contributed by atoms with van der Waals surface area (Å²) in [6.45, 7) is 6.21. The van der Waals surface area contributed by atoms with Gasteiger partial charge in [0.25, 0.3) is 0 Å². The fraction of sp³-hybridized carbons (Fsp3) is 0.417. The molecular weight excluding hydrogens is 452 g/mol. The Morgan fingerprint density at radius 1 is 1.22 bits per heavy atom. The molecule has 2 amide bonds. The van der Waals surface area contributed by atoms with Crippen molar-refractivity contribution in [3.63, 3.8) is 0 Å². The number of anilines is 1. The van der Waals surface area contributed by atoms with E-state index >= 15 is 0 Å². The van der Waals surface area contributed by atoms with Gasteiger partial charge in [0.05, 0.1) is 11.1 Å². The number of likely N-dealkylation sites (N-methyl/N-ethyl adjacent to an activating group) is 1. The molecule has 3 N–H and O–H groups in total. The lowest BCUT2D eigenvalue weighted by atomic mass is 9.62. The van der Waals surface area contributed by atoms with Crippen molar-refractivity contribution < 1.29 is 14.0 Å². The summed E-state index contributed by atoms with van der Waals surface area (Å²) < 4.78 is 14.7. The van der Waals surface area contributed by atoms with Crippen molar-refractivity contribution >= 4 is 40.7 Å². The fourth-order valence-corrected chi connectivity index (χ4v) is 5.65. The van der Waals surface area contributed by atoms with Gasteiger partial charge in [-0.2, -0.15) is 0 Å². The number of rotatable bonds is 3. The zero-order chi connectivity index (χ0) is 23.4. The number of fused-ring (bicyclic) bond motifs is 2. The van der Waals surface area contributed by atoms with Crippen molar-refractivity contribution in [1.29, 1.82) is 0 Å². The summed E-state index contributed by atoms with van der Waals surface area (Å²) >= 11 is 12.3. The molecule has 0 radical (unpaired) electrons. The van der Waals surface area contributed by atoms with Crippen LogP contribution in [-0.2, 0) is 15.0 Å². The maximum atomic E-state index is 14.7. The number of amides is 2. The predicted octanol–water partition coefficient (Wildman–Crippen LogP) is 4.63. The first-order valence-electron chi connectivity index (χ1n) is 10.5. The third-order valence-corrected chi connectivity index (χ3v) is 6.96. The van der Waals surface area contributed by atoms with Crippen LogP contribution in [0.1, 0.15) is 44.2 Å². The number of hydrogen-bond donors (Lipinski definition) is 3. The first-order chi connectivity index (χ1) is 15.0. The van der Waals surface area contributed by atoms with Gasteiger partial charge < -0.3 is 16.0 Å². The Kier molecular flexibility index (Phi) is 5.76. The summed E-state index contributed by atoms with van der Waals surface area (Å²) in [6, 6.07) is 8.77. The van der Waals surface area contributed by atoms with Gasteiger partial charge in [-0.25, -0.2) is 4.39 Å². The van der Waals surface area contributed by atoms with Crippen LogP contribution in [0.15, 0.2) is 36.4 Å². The lowest BCUT2D eigenvalue weighted by Crippen LogP contribution is -2.49. The SMILES string of the molecule is CNC(=O)[C@@H]1N[C@@H](CC(C)(C)C)[C@@]2(C(=O)Nc3cc(Cl)c(F)cc32)[C@H]1c1cccc(Cl)c1. The van der Waals surface area contributed by atoms with Crippen molar-refractivity contribution in [2.45, 2.75) is 50.6 Å². The zero-order valence-corrected chi connectivity index (χ0v) is 19.9. The molecule has 0 aromatic heterocycles. The Bertz CT molecular complexity index is 1100. The summed E-state index contributed by atoms with van der Waals surface area (Å²) in [5.41, 5.74) is 0.299. The Morgan fingerprint density at radius 2 is 1.94 bits per heavy atom. The van der Waals surface area contributed by atoms with Crippen LogP contribution in [0.2, 0.25) is 10.0 Å². The molecule has 0 aliphatic carbocycles. The van der Waals surface area contributed by atoms with Gasteiger partial charge >= 0.3 is 0 Å². The number of nitrogens with one attached hydrogen (secondary N) is 3. The minimum atomic E-state index is -1.23. The fourth-order valence-electron chi connectivity index (χ4n) is 5.29. The van der Waals surface area contributed by atoms with Crippen molar-refractivity contribution in [2.75, 3.05) is 12.4 Å². The number of carbonyl (C=O) groups is 2. The van der Waals surface area contributed by atoms with Gasteiger partial charge in [0.15, 0.2) is 0 Å². The number of benzene rings is 2. The Hall–Kier alpha value is -2.15. The van der Waals surface area contributed by atoms with E-state index < -0.39 is 29.2 Å². The summed E-state index contributed by atoms with van der Waals surface area (Å²) in [4.78, 5) is 26.9. The highest BCUT2D eigenvalue weighted by Gasteiger charge is 2.65. The molecule has 170 valence electrons. The minimum Gasteiger partial charge on any atom is -0.358 e. The van der Waals surface area contributed by atoms with Crippen LogP contribution in [0.4, 0.5) is 10.1 Å². The topological polar surface area (TPSA) is 70.2 Å². The molecular formula is C24H26Cl2FN3O2. The van der Waals surface area contributed by atoms with Crippen LogP contribution in [0.25, 0.3) is 0 Å². The normalized spacial score (nSPS) is 26.8. The number of carbonyl (C=O) groups excluding carboxylic acids is 2. The van der Waals surface area contributed by atoms with E-state index in [1.54, 1.807) is 25.2 Å². The molecule has 4 atom stereocenters. The largest absolute Gasteiger partial charge is 0.358 e. The molecule has 2 aromatic carbocycles. The van der Waals surface area contributed by atoms with Crippen LogP contribution in [0.5, 0.6) is 0 Å². The summed E-state index contributed by atoms with van der Waals surface area (Å²) in [5.74, 6) is -1.76. The van der Waals surface area contributed by atoms with Gasteiger partial charge in [0.2, 0.25) is 11.8 Å². The van der Waals surface area contributed by atoms with Crippen LogP contribution in [-0.4, -0.2) is 30.9 Å². The highest BCUT2D eigenvalue weighted by Crippen LogP contribution is 2.57. The lowest BCUT2D eigenvalue weighted by Gasteiger charge is -2.37. The Labute approximate surface area is 197 Å². The second-order valence-corrected chi connectivity index (χ2v) is 10.6. The second kappa shape index (κ2) is 8.01. The van der Waals surface area contributed by atoms with E-state index in [0.717, 1.165) is 5.56 Å². The summed E-state index contributed by atoms with van der Waals surface area (Å²) in [6.07, 6.45) is 0.578. The molecule has 0 saturated carbocycles. The van der Waals surface area contributed by atoms with Crippen LogP contribution in [0.3, 0.4) is 0 Å². The highest BCUT2D eigenvalue weighted by molar-refractivity contribution is 6.31. The van der Waals surface area contributed by atoms with Gasteiger partial charge in [0, 0.05) is 29.7 Å². The molecule has 8 heteroatoms. The average molecular weight is 478 g/mol. The van der Waals surface area contributed by atoms with E-state index in [1.807, 2.05) is 6.07 Å². The van der Waals surface area contributed by atoms with Crippen LogP contribution >= 0.6 is 23.2 Å². The van der Waals surface area contributed by atoms with Crippen molar-refractivity contribution in [3.8, 4) is 0 Å². The first-order valence-corrected chi connectivity index (χ1v) is 11.3. The molecule has 2 heterocycles. The van der Waals surface area contributed by atoms with Gasteiger partial charge in [-0.05, 0) is 47.2 Å². The molecule has 32 heavy (non-hydrogen) atoms. The summed E-state index contributed by atoms with van der Waals surface area (Å²) in [7, 11) is 1.56. The molecule has 0 unspecified atom stereocenters. The maximum absolute atomic E-state index is 14.7. The van der Waals surface area contributed by atoms with Gasteiger partial charge in [-0.1, -0.05) is 56.1 Å². The molecule has 5 nitrogen and oxygen atoms in total. The molecule has 0 bridgehead atoms. The second-order valence-electron chi connectivity index (χ2n) is 9.74. The minimum absolute atomic E-state index is 0.0680.